The van der Waals surface area contributed by atoms with Gasteiger partial charge in [0.25, 0.3) is 10.1 Å². The smallest absolute Gasteiger partial charge is 0.503 e. The number of thiol groups is 1. The van der Waals surface area contributed by atoms with Crippen molar-refractivity contribution in [3.8, 4) is 11.2 Å². The number of aliphatic hydroxyl groups excluding tert-OH is 4. The third-order valence-corrected chi connectivity index (χ3v) is 27.4. The Hall–Kier alpha value is -9.99. The topological polar surface area (TPSA) is 716 Å². The lowest BCUT2D eigenvalue weighted by molar-refractivity contribution is -0.207. The third-order valence-electron chi connectivity index (χ3n) is 26.5. The summed E-state index contributed by atoms with van der Waals surface area (Å²) in [7, 11) is -4.08. The first kappa shape index (κ1) is 111. The normalized spacial score (nSPS) is 27.0. The number of ether oxygens (including phenoxy) is 1. The number of aliphatic carboxylic acids is 7. The van der Waals surface area contributed by atoms with Gasteiger partial charge in [-0.25, -0.2) is 24.0 Å². The van der Waals surface area contributed by atoms with Crippen LogP contribution in [0.5, 0.6) is 5.75 Å². The number of hydrogen-bond acceptors (Lipinski definition) is 26. The fourth-order valence-electron chi connectivity index (χ4n) is 18.4. The Bertz CT molecular complexity index is 4530. The summed E-state index contributed by atoms with van der Waals surface area (Å²) < 4.78 is 35.7. The molecule has 7 unspecified atom stereocenters. The lowest BCUT2D eigenvalue weighted by Gasteiger charge is -2.63. The molecule has 0 amide bonds. The first-order valence-electron chi connectivity index (χ1n) is 40.5. The highest BCUT2D eigenvalue weighted by molar-refractivity contribution is 7.85. The average Bonchev–Trinajstić information content (AvgIpc) is 1.65. The zero-order chi connectivity index (χ0) is 96.2. The number of nitrogens with two attached hydrogens (primary N) is 4. The number of allylic oxidation sites excluding steroid dienone is 1. The van der Waals surface area contributed by atoms with Gasteiger partial charge in [0, 0.05) is 48.5 Å². The number of carboxylic acid groups (broad SMARTS) is 10. The summed E-state index contributed by atoms with van der Waals surface area (Å²) in [6.45, 7) is 20.5. The molecule has 2 bridgehead atoms. The minimum absolute atomic E-state index is 0.0152. The largest absolute Gasteiger partial charge is 0.508 e. The van der Waals surface area contributed by atoms with E-state index in [9.17, 15) is 81.6 Å². The van der Waals surface area contributed by atoms with E-state index >= 15 is 0 Å². The number of esters is 2. The van der Waals surface area contributed by atoms with Gasteiger partial charge in [-0.05, 0) is 228 Å². The molecule has 1 aromatic heterocycles. The molecule has 7 fully saturated rings. The second-order valence-corrected chi connectivity index (χ2v) is 36.0. The van der Waals surface area contributed by atoms with Crippen LogP contribution in [0, 0.1) is 90.5 Å². The number of aromatic carboxylic acids is 1. The number of carbonyl (C=O) groups excluding carboxylic acids is 3. The van der Waals surface area contributed by atoms with Gasteiger partial charge in [0.2, 0.25) is 0 Å². The van der Waals surface area contributed by atoms with Crippen LogP contribution in [0.4, 0.5) is 4.79 Å². The van der Waals surface area contributed by atoms with Gasteiger partial charge in [-0.15, -0.1) is 0 Å². The summed E-state index contributed by atoms with van der Waals surface area (Å²) in [6, 6.07) is 15.8. The Kier molecular flexibility index (Phi) is 43.2. The number of nitriles is 1. The molecule has 19 atom stereocenters. The van der Waals surface area contributed by atoms with Crippen LogP contribution in [0.15, 0.2) is 90.6 Å². The summed E-state index contributed by atoms with van der Waals surface area (Å²) in [4.78, 5) is 131. The lowest BCUT2D eigenvalue weighted by Crippen LogP contribution is -2.62. The quantitative estimate of drug-likeness (QED) is 0.00926. The number of aliphatic hydroxyl groups is 4. The third kappa shape index (κ3) is 30.4. The summed E-state index contributed by atoms with van der Waals surface area (Å²) in [6.07, 6.45) is 9.97. The summed E-state index contributed by atoms with van der Waals surface area (Å²) >= 11 is 3.09. The molecule has 0 spiro atoms. The van der Waals surface area contributed by atoms with Gasteiger partial charge in [-0.2, -0.15) is 13.7 Å². The molecule has 7 aliphatic rings. The zero-order valence-corrected chi connectivity index (χ0v) is 73.8. The number of para-hydroxylation sites is 1. The molecule has 125 heavy (non-hydrogen) atoms. The molecule has 7 saturated carbocycles. The minimum Gasteiger partial charge on any atom is -0.508 e. The maximum atomic E-state index is 11.9. The van der Waals surface area contributed by atoms with E-state index in [2.05, 4.69) is 38.4 Å². The summed E-state index contributed by atoms with van der Waals surface area (Å²) in [5.74, 6) is -8.10. The molecule has 698 valence electrons. The highest BCUT2D eigenvalue weighted by Crippen LogP contribution is 2.69. The number of H-pyrrole nitrogens is 1. The number of rotatable bonds is 21. The van der Waals surface area contributed by atoms with Crippen molar-refractivity contribution in [1.82, 2.24) is 4.98 Å². The van der Waals surface area contributed by atoms with Crippen molar-refractivity contribution < 1.29 is 152 Å². The number of ketones is 1. The maximum absolute atomic E-state index is 11.9. The minimum atomic E-state index is -4.08. The molecule has 39 heteroatoms. The average molecular weight is 1800 g/mol. The van der Waals surface area contributed by atoms with Crippen molar-refractivity contribution >= 4 is 105 Å². The standard InChI is InChI=1S/C24H40O5.C17H15NO6.C11H12N2O2.C10H16O4S.C10H16O4.C5H8O2.C4H9NO3.C3H7NO2.CHNS.CH2O3/c1-13(4-7-21(28)29)16-5-6-17-22-18(12-20(27)24(16,17)3)23(2)9-8-15(25)10-14(23)11-19(22)26;18-14(9-10-1-7-13(19)8-2-10)17(23)24-16(22)12-5-3-11(4-6-12)15(20)21;12-9(11(14)15)5-7-6-13-10-4-2-1-3-8(7)10;1-9(2)7-3-4-10(9,8(11)5-7)6-15(12,13)14;1-9(2)6(7(11)12)4-5-10(9,3)8(13)14;1-3-4(2)5(6)7;1-2(6)3(5)4(7)8;4-2-1-3(5)6;2-1-3;2-1(3)4/h13-20,22,25-27H,4-12H2,1-3H3,(H,28,29);1-8,14,19H,9,18H2,(H,20,21);1-4,6,9,13H,5,12H2,(H,14,15);7H,3-6H2,1-2H3,(H,12,13,14);6H,4-5H2,1-3H3,(H,11,12)(H,13,14);3H,1-2H3,(H,6,7);2-3,6H,5H2,1H3,(H,7,8);1-2,4H2,(H,5,6);3H;(H2,2,3,4)/b;;;;;4-3+;;;;/t13-,14+,15-,16-,17?,18?,19-,20+,22?,23+,24-;14-;9-;;;;2-,3+;;;/m100...1.../s1. The van der Waals surface area contributed by atoms with Gasteiger partial charge in [-0.1, -0.05) is 97.5 Å². The predicted molar refractivity (Wildman–Crippen MR) is 457 cm³/mol. The van der Waals surface area contributed by atoms with Crippen molar-refractivity contribution in [2.24, 2.45) is 103 Å². The lowest BCUT2D eigenvalue weighted by atomic mass is 9.43. The van der Waals surface area contributed by atoms with Gasteiger partial charge < -0.3 is 109 Å². The van der Waals surface area contributed by atoms with E-state index in [0.717, 1.165) is 67.8 Å². The Morgan fingerprint density at radius 3 is 1.66 bits per heavy atom. The first-order valence-corrected chi connectivity index (χ1v) is 42.5. The van der Waals surface area contributed by atoms with Crippen LogP contribution in [0.1, 0.15) is 204 Å². The number of fused-ring (bicyclic) bond motifs is 8. The number of carboxylic acids is 8. The van der Waals surface area contributed by atoms with Crippen LogP contribution in [-0.4, -0.2) is 221 Å². The molecule has 3 aromatic carbocycles. The van der Waals surface area contributed by atoms with Crippen molar-refractivity contribution in [3.63, 3.8) is 0 Å². The number of aromatic hydroxyl groups is 1. The van der Waals surface area contributed by atoms with E-state index in [4.69, 9.17) is 98.5 Å². The number of nitrogens with one attached hydrogen (secondary N) is 1. The number of phenols is 1. The molecule has 25 N–H and O–H groups in total. The van der Waals surface area contributed by atoms with Gasteiger partial charge in [0.15, 0.2) is 0 Å². The number of hydrogen-bond donors (Lipinski definition) is 22. The molecule has 0 radical (unpaired) electrons. The second-order valence-electron chi connectivity index (χ2n) is 34.4. The van der Waals surface area contributed by atoms with Crippen molar-refractivity contribution in [2.45, 2.75) is 228 Å². The number of benzene rings is 3. The van der Waals surface area contributed by atoms with Crippen molar-refractivity contribution in [3.05, 3.63) is 113 Å². The van der Waals surface area contributed by atoms with E-state index in [1.807, 2.05) is 44.3 Å². The molecular weight excluding hydrogens is 1680 g/mol. The van der Waals surface area contributed by atoms with Gasteiger partial charge in [0.1, 0.15) is 35.1 Å². The fourth-order valence-corrected chi connectivity index (χ4v) is 19.7. The molecular formula is C86H126N6O31S2. The Balaban J connectivity index is 0.000000501. The molecule has 37 nitrogen and oxygen atoms in total. The highest BCUT2D eigenvalue weighted by Gasteiger charge is 2.67. The Labute approximate surface area is 730 Å². The SMILES string of the molecule is C/C=C(\C)C(=O)O.CC1(C(=O)O)CCC(C(=O)O)C1(C)C.CC1(C)C2CCC1(CS(=O)(=O)O)C(=O)C2.C[C@@H](O)[C@H](N)C(=O)O.C[C@H](CCC(=O)O)[C@H]1CCC2C3C(C[C@H](O)[C@@]21C)[C@@]1(C)CC[C@@H](O)C[C@H]1C[C@H]3O.N#CS.NCCC(=O)O.N[C@@H](Cc1c[nH]c2ccccc12)C(=O)O.N[C@@H](Cc1ccc(O)cc1)C(=O)OC(=O)c1ccc(C(=O)O)cc1.O=C(O)O. The maximum Gasteiger partial charge on any atom is 0.503 e. The van der Waals surface area contributed by atoms with E-state index in [1.54, 1.807) is 52.8 Å². The van der Waals surface area contributed by atoms with E-state index < -0.39 is 134 Å². The molecule has 1 heterocycles. The van der Waals surface area contributed by atoms with E-state index in [1.165, 1.54) is 48.7 Å². The van der Waals surface area contributed by atoms with Crippen LogP contribution >= 0.6 is 12.6 Å². The van der Waals surface area contributed by atoms with Crippen LogP contribution < -0.4 is 22.9 Å². The zero-order valence-electron chi connectivity index (χ0n) is 72.1. The summed E-state index contributed by atoms with van der Waals surface area (Å²) in [5.41, 5.74) is 21.2. The van der Waals surface area contributed by atoms with Crippen molar-refractivity contribution in [2.75, 3.05) is 12.3 Å². The van der Waals surface area contributed by atoms with Crippen LogP contribution in [0.25, 0.3) is 10.9 Å². The Morgan fingerprint density at radius 2 is 1.24 bits per heavy atom. The summed E-state index contributed by atoms with van der Waals surface area (Å²) in [5, 5.41) is 143. The monoisotopic (exact) mass is 1800 g/mol. The molecule has 11 rings (SSSR count). The fraction of sp³-hybridized carbons (Fsp3) is 0.593. The van der Waals surface area contributed by atoms with E-state index in [0.29, 0.717) is 73.3 Å². The van der Waals surface area contributed by atoms with Gasteiger partial charge in [-0.3, -0.25) is 38.1 Å². The van der Waals surface area contributed by atoms with Crippen LogP contribution in [0.2, 0.25) is 0 Å². The number of phenolic OH excluding ortho intramolecular Hbond substituents is 1. The van der Waals surface area contributed by atoms with E-state index in [-0.39, 0.29) is 94.7 Å². The number of aromatic nitrogens is 1. The van der Waals surface area contributed by atoms with Crippen LogP contribution in [-0.2, 0) is 70.8 Å². The number of thiocyanates is 1. The highest BCUT2D eigenvalue weighted by atomic mass is 32.2. The van der Waals surface area contributed by atoms with Crippen molar-refractivity contribution in [1.29, 1.82) is 5.26 Å². The number of nitrogens with zero attached hydrogens (tertiary/aromatic N) is 1. The van der Waals surface area contributed by atoms with Crippen LogP contribution in [0.3, 0.4) is 0 Å². The van der Waals surface area contributed by atoms with Gasteiger partial charge >= 0.3 is 65.8 Å². The first-order chi connectivity index (χ1) is 57.7. The molecule has 0 aliphatic heterocycles. The predicted octanol–water partition coefficient (Wildman–Crippen LogP) is 8.64. The second kappa shape index (κ2) is 48.6. The number of Topliss-reactive ketones (excluding diaryl/α,β-unsaturated/α-hetero) is 1. The number of aromatic amines is 1. The van der Waals surface area contributed by atoms with Gasteiger partial charge in [0.05, 0.1) is 64.5 Å². The number of carbonyl (C=O) groups is 12. The molecule has 7 aliphatic carbocycles. The molecule has 4 aromatic rings. The Morgan fingerprint density at radius 1 is 0.688 bits per heavy atom. The molecule has 0 saturated heterocycles.